The number of hydrogen-bond acceptors (Lipinski definition) is 3. The molecule has 108 valence electrons. The van der Waals surface area contributed by atoms with Crippen LogP contribution in [0.1, 0.15) is 12.5 Å². The number of aromatic nitrogens is 2. The second-order valence-electron chi connectivity index (χ2n) is 4.41. The Balaban J connectivity index is 2.28. The van der Waals surface area contributed by atoms with Gasteiger partial charge in [-0.1, -0.05) is 19.1 Å². The van der Waals surface area contributed by atoms with E-state index in [9.17, 15) is 12.8 Å². The maximum atomic E-state index is 13.2. The fourth-order valence-electron chi connectivity index (χ4n) is 1.89. The highest BCUT2D eigenvalue weighted by molar-refractivity contribution is 7.89. The van der Waals surface area contributed by atoms with Gasteiger partial charge in [0.15, 0.2) is 0 Å². The van der Waals surface area contributed by atoms with Gasteiger partial charge in [-0.3, -0.25) is 4.68 Å². The molecule has 0 unspecified atom stereocenters. The first kappa shape index (κ1) is 14.7. The predicted octanol–water partition coefficient (Wildman–Crippen LogP) is 1.77. The van der Waals surface area contributed by atoms with Gasteiger partial charge in [0.2, 0.25) is 10.0 Å². The highest BCUT2D eigenvalue weighted by Crippen LogP contribution is 2.17. The summed E-state index contributed by atoms with van der Waals surface area (Å²) in [6, 6.07) is 5.93. The molecule has 0 atom stereocenters. The van der Waals surface area contributed by atoms with Crippen LogP contribution in [-0.4, -0.2) is 29.0 Å². The van der Waals surface area contributed by atoms with Crippen molar-refractivity contribution in [1.82, 2.24) is 14.1 Å². The number of benzene rings is 1. The molecular formula is C13H16FN3O2S. The summed E-state index contributed by atoms with van der Waals surface area (Å²) in [5.41, 5.74) is 0.610. The average molecular weight is 297 g/mol. The van der Waals surface area contributed by atoms with Crippen molar-refractivity contribution in [1.29, 1.82) is 0 Å². The Kier molecular flexibility index (Phi) is 4.20. The van der Waals surface area contributed by atoms with E-state index in [2.05, 4.69) is 5.10 Å². The molecule has 0 spiro atoms. The van der Waals surface area contributed by atoms with Crippen LogP contribution in [0.5, 0.6) is 0 Å². The van der Waals surface area contributed by atoms with E-state index in [-0.39, 0.29) is 17.3 Å². The molecule has 20 heavy (non-hydrogen) atoms. The summed E-state index contributed by atoms with van der Waals surface area (Å²) >= 11 is 0. The number of nitrogens with zero attached hydrogens (tertiary/aromatic N) is 3. The lowest BCUT2D eigenvalue weighted by atomic mass is 10.2. The zero-order chi connectivity index (χ0) is 14.8. The highest BCUT2D eigenvalue weighted by Gasteiger charge is 2.24. The van der Waals surface area contributed by atoms with Gasteiger partial charge in [0, 0.05) is 26.3 Å². The zero-order valence-corrected chi connectivity index (χ0v) is 12.1. The van der Waals surface area contributed by atoms with Crippen LogP contribution in [0.25, 0.3) is 0 Å². The molecule has 0 aliphatic carbocycles. The molecule has 0 fully saturated rings. The lowest BCUT2D eigenvalue weighted by Gasteiger charge is -2.19. The Morgan fingerprint density at radius 3 is 2.70 bits per heavy atom. The smallest absolute Gasteiger partial charge is 0.246 e. The molecule has 1 aromatic carbocycles. The van der Waals surface area contributed by atoms with Gasteiger partial charge in [0.1, 0.15) is 10.7 Å². The molecule has 5 nitrogen and oxygen atoms in total. The van der Waals surface area contributed by atoms with Crippen LogP contribution in [0, 0.1) is 5.82 Å². The van der Waals surface area contributed by atoms with Gasteiger partial charge in [-0.15, -0.1) is 0 Å². The Bertz CT molecular complexity index is 697. The van der Waals surface area contributed by atoms with E-state index in [0.29, 0.717) is 12.1 Å². The van der Waals surface area contributed by atoms with E-state index in [1.807, 2.05) is 0 Å². The quantitative estimate of drug-likeness (QED) is 0.845. The van der Waals surface area contributed by atoms with Gasteiger partial charge in [-0.25, -0.2) is 12.8 Å². The van der Waals surface area contributed by atoms with Crippen LogP contribution < -0.4 is 0 Å². The number of hydrogen-bond donors (Lipinski definition) is 0. The number of aryl methyl sites for hydroxylation is 1. The van der Waals surface area contributed by atoms with Crippen LogP contribution in [0.4, 0.5) is 4.39 Å². The minimum Gasteiger partial charge on any atom is -0.274 e. The summed E-state index contributed by atoms with van der Waals surface area (Å²) in [4.78, 5) is 0.137. The van der Waals surface area contributed by atoms with Crippen molar-refractivity contribution in [3.8, 4) is 0 Å². The number of rotatable bonds is 5. The molecule has 1 aromatic heterocycles. The van der Waals surface area contributed by atoms with Crippen molar-refractivity contribution in [3.05, 3.63) is 48.0 Å². The van der Waals surface area contributed by atoms with Crippen molar-refractivity contribution in [2.24, 2.45) is 7.05 Å². The van der Waals surface area contributed by atoms with Gasteiger partial charge < -0.3 is 0 Å². The number of sulfonamides is 1. The van der Waals surface area contributed by atoms with E-state index in [4.69, 9.17) is 0 Å². The van der Waals surface area contributed by atoms with E-state index in [0.717, 1.165) is 0 Å². The van der Waals surface area contributed by atoms with Crippen molar-refractivity contribution in [3.63, 3.8) is 0 Å². The van der Waals surface area contributed by atoms with Crippen molar-refractivity contribution < 1.29 is 12.8 Å². The molecule has 0 bridgehead atoms. The Morgan fingerprint density at radius 1 is 1.40 bits per heavy atom. The summed E-state index contributed by atoms with van der Waals surface area (Å²) in [7, 11) is -1.96. The fraction of sp³-hybridized carbons (Fsp3) is 0.308. The molecule has 0 saturated heterocycles. The standard InChI is InChI=1S/C13H16FN3O2S/c1-3-17(9-11-5-4-6-12(14)7-11)20(18,19)13-8-15-16(2)10-13/h4-8,10H,3,9H2,1-2H3. The first-order chi connectivity index (χ1) is 9.43. The molecule has 1 heterocycles. The van der Waals surface area contributed by atoms with Gasteiger partial charge in [-0.2, -0.15) is 9.40 Å². The average Bonchev–Trinajstić information content (AvgIpc) is 2.83. The van der Waals surface area contributed by atoms with Gasteiger partial charge >= 0.3 is 0 Å². The zero-order valence-electron chi connectivity index (χ0n) is 11.3. The maximum absolute atomic E-state index is 13.2. The summed E-state index contributed by atoms with van der Waals surface area (Å²) in [6.07, 6.45) is 2.76. The van der Waals surface area contributed by atoms with Crippen LogP contribution >= 0.6 is 0 Å². The second-order valence-corrected chi connectivity index (χ2v) is 6.35. The molecular weight excluding hydrogens is 281 g/mol. The minimum absolute atomic E-state index is 0.130. The fourth-order valence-corrected chi connectivity index (χ4v) is 3.31. The highest BCUT2D eigenvalue weighted by atomic mass is 32.2. The maximum Gasteiger partial charge on any atom is 0.246 e. The monoisotopic (exact) mass is 297 g/mol. The lowest BCUT2D eigenvalue weighted by Crippen LogP contribution is -2.30. The van der Waals surface area contributed by atoms with E-state index in [1.54, 1.807) is 26.1 Å². The van der Waals surface area contributed by atoms with E-state index >= 15 is 0 Å². The van der Waals surface area contributed by atoms with Gasteiger partial charge in [0.25, 0.3) is 0 Å². The summed E-state index contributed by atoms with van der Waals surface area (Å²) < 4.78 is 40.8. The molecule has 0 saturated carbocycles. The molecule has 0 amide bonds. The second kappa shape index (κ2) is 5.72. The number of halogens is 1. The van der Waals surface area contributed by atoms with Crippen LogP contribution in [-0.2, 0) is 23.6 Å². The van der Waals surface area contributed by atoms with Crippen LogP contribution in [0.15, 0.2) is 41.6 Å². The van der Waals surface area contributed by atoms with Gasteiger partial charge in [-0.05, 0) is 17.7 Å². The van der Waals surface area contributed by atoms with E-state index in [1.165, 1.54) is 33.5 Å². The van der Waals surface area contributed by atoms with Crippen LogP contribution in [0.2, 0.25) is 0 Å². The molecule has 0 aliphatic heterocycles. The topological polar surface area (TPSA) is 55.2 Å². The van der Waals surface area contributed by atoms with E-state index < -0.39 is 10.0 Å². The third-order valence-corrected chi connectivity index (χ3v) is 4.79. The Morgan fingerprint density at radius 2 is 2.15 bits per heavy atom. The SMILES string of the molecule is CCN(Cc1cccc(F)c1)S(=O)(=O)c1cnn(C)c1. The van der Waals surface area contributed by atoms with Crippen molar-refractivity contribution >= 4 is 10.0 Å². The Hall–Kier alpha value is -1.73. The molecule has 0 N–H and O–H groups in total. The first-order valence-corrected chi connectivity index (χ1v) is 7.60. The Labute approximate surface area is 117 Å². The minimum atomic E-state index is -3.61. The third-order valence-electron chi connectivity index (χ3n) is 2.92. The normalized spacial score (nSPS) is 12.0. The lowest BCUT2D eigenvalue weighted by molar-refractivity contribution is 0.422. The van der Waals surface area contributed by atoms with Crippen molar-refractivity contribution in [2.75, 3.05) is 6.54 Å². The molecule has 0 aliphatic rings. The first-order valence-electron chi connectivity index (χ1n) is 6.16. The summed E-state index contributed by atoms with van der Waals surface area (Å²) in [5.74, 6) is -0.377. The molecule has 0 radical (unpaired) electrons. The third kappa shape index (κ3) is 3.05. The van der Waals surface area contributed by atoms with Crippen LogP contribution in [0.3, 0.4) is 0 Å². The largest absolute Gasteiger partial charge is 0.274 e. The summed E-state index contributed by atoms with van der Waals surface area (Å²) in [5, 5.41) is 3.87. The molecule has 2 aromatic rings. The predicted molar refractivity (Wildman–Crippen MR) is 72.9 cm³/mol. The summed E-state index contributed by atoms with van der Waals surface area (Å²) in [6.45, 7) is 2.17. The van der Waals surface area contributed by atoms with Gasteiger partial charge in [0.05, 0.1) is 6.20 Å². The van der Waals surface area contributed by atoms with Crippen molar-refractivity contribution in [2.45, 2.75) is 18.4 Å². The molecule has 2 rings (SSSR count). The molecule has 7 heteroatoms.